The Bertz CT molecular complexity index is 1400. The molecule has 2 aromatic carbocycles. The van der Waals surface area contributed by atoms with Crippen molar-refractivity contribution in [1.82, 2.24) is 20.0 Å². The summed E-state index contributed by atoms with van der Waals surface area (Å²) in [6.45, 7) is 6.26. The van der Waals surface area contributed by atoms with E-state index in [-0.39, 0.29) is 18.3 Å². The van der Waals surface area contributed by atoms with E-state index in [4.69, 9.17) is 4.42 Å². The molecule has 4 aromatic rings. The molecule has 176 valence electrons. The van der Waals surface area contributed by atoms with Crippen LogP contribution in [0.3, 0.4) is 0 Å². The molecule has 0 unspecified atom stereocenters. The van der Waals surface area contributed by atoms with Crippen LogP contribution in [0.1, 0.15) is 5.56 Å². The number of hydrogen-bond donors (Lipinski definition) is 1. The predicted octanol–water partition coefficient (Wildman–Crippen LogP) is 2.53. The summed E-state index contributed by atoms with van der Waals surface area (Å²) in [6, 6.07) is 12.4. The van der Waals surface area contributed by atoms with Gasteiger partial charge in [-0.05, 0) is 31.2 Å². The molecule has 0 aliphatic carbocycles. The summed E-state index contributed by atoms with van der Waals surface area (Å²) >= 11 is 0. The number of rotatable bonds is 6. The zero-order valence-corrected chi connectivity index (χ0v) is 19.0. The third-order valence-electron chi connectivity index (χ3n) is 6.26. The van der Waals surface area contributed by atoms with Crippen molar-refractivity contribution in [2.45, 2.75) is 13.5 Å². The molecule has 0 saturated carbocycles. The quantitative estimate of drug-likeness (QED) is 0.443. The zero-order chi connectivity index (χ0) is 23.7. The number of amides is 1. The number of fused-ring (bicyclic) bond motifs is 3. The molecular weight excluding hydrogens is 437 g/mol. The van der Waals surface area contributed by atoms with E-state index in [1.165, 1.54) is 12.3 Å². The lowest BCUT2D eigenvalue weighted by molar-refractivity contribution is -0.121. The number of aryl methyl sites for hydroxylation is 1. The molecule has 0 radical (unpaired) electrons. The van der Waals surface area contributed by atoms with Crippen molar-refractivity contribution in [3.05, 3.63) is 70.5 Å². The van der Waals surface area contributed by atoms with Crippen molar-refractivity contribution in [3.63, 3.8) is 0 Å². The van der Waals surface area contributed by atoms with E-state index in [1.807, 2.05) is 25.1 Å². The number of hydrogen-bond acceptors (Lipinski definition) is 6. The molecule has 0 bridgehead atoms. The number of benzene rings is 2. The molecule has 0 atom stereocenters. The third-order valence-corrected chi connectivity index (χ3v) is 6.26. The average molecular weight is 464 g/mol. The van der Waals surface area contributed by atoms with E-state index in [9.17, 15) is 14.0 Å². The normalized spacial score (nSPS) is 14.7. The summed E-state index contributed by atoms with van der Waals surface area (Å²) in [5.41, 5.74) is 2.27. The highest BCUT2D eigenvalue weighted by atomic mass is 19.1. The van der Waals surface area contributed by atoms with Gasteiger partial charge < -0.3 is 14.6 Å². The number of para-hydroxylation sites is 1. The highest BCUT2D eigenvalue weighted by Crippen LogP contribution is 2.24. The Labute approximate surface area is 195 Å². The monoisotopic (exact) mass is 463 g/mol. The van der Waals surface area contributed by atoms with E-state index in [1.54, 1.807) is 22.9 Å². The van der Waals surface area contributed by atoms with Crippen LogP contribution < -0.4 is 15.8 Å². The van der Waals surface area contributed by atoms with Gasteiger partial charge in [0.05, 0.1) is 17.4 Å². The number of carbonyl (C=O) groups is 1. The minimum atomic E-state index is -0.465. The van der Waals surface area contributed by atoms with Crippen LogP contribution in [0, 0.1) is 12.7 Å². The minimum absolute atomic E-state index is 0.0110. The third kappa shape index (κ3) is 4.38. The number of piperazine rings is 1. The molecule has 8 nitrogen and oxygen atoms in total. The van der Waals surface area contributed by atoms with E-state index in [2.05, 4.69) is 20.2 Å². The topological polar surface area (TPSA) is 83.6 Å². The Balaban J connectivity index is 1.18. The van der Waals surface area contributed by atoms with Crippen molar-refractivity contribution in [2.75, 3.05) is 44.2 Å². The largest absolute Gasteiger partial charge is 0.422 e. The van der Waals surface area contributed by atoms with Crippen molar-refractivity contribution < 1.29 is 13.6 Å². The molecule has 2 aromatic heterocycles. The van der Waals surface area contributed by atoms with Crippen LogP contribution >= 0.6 is 0 Å². The van der Waals surface area contributed by atoms with Crippen LogP contribution in [-0.4, -0.2) is 59.9 Å². The summed E-state index contributed by atoms with van der Waals surface area (Å²) < 4.78 is 20.9. The maximum absolute atomic E-state index is 14.0. The van der Waals surface area contributed by atoms with Gasteiger partial charge in [-0.3, -0.25) is 14.4 Å². The van der Waals surface area contributed by atoms with Crippen LogP contribution in [0.4, 0.5) is 10.1 Å². The van der Waals surface area contributed by atoms with Crippen LogP contribution in [0.25, 0.3) is 21.9 Å². The maximum atomic E-state index is 14.0. The molecule has 0 spiro atoms. The predicted molar refractivity (Wildman–Crippen MR) is 129 cm³/mol. The molecule has 1 saturated heterocycles. The van der Waals surface area contributed by atoms with E-state index >= 15 is 0 Å². The van der Waals surface area contributed by atoms with Gasteiger partial charge in [0.15, 0.2) is 0 Å². The molecule has 1 amide bonds. The number of carbonyl (C=O) groups excluding carboxylic acids is 1. The highest BCUT2D eigenvalue weighted by Gasteiger charge is 2.19. The lowest BCUT2D eigenvalue weighted by Gasteiger charge is -2.36. The van der Waals surface area contributed by atoms with Gasteiger partial charge in [-0.1, -0.05) is 23.8 Å². The second-order valence-electron chi connectivity index (χ2n) is 8.58. The second kappa shape index (κ2) is 9.26. The Kier molecular flexibility index (Phi) is 6.02. The van der Waals surface area contributed by atoms with Crippen LogP contribution in [-0.2, 0) is 11.3 Å². The van der Waals surface area contributed by atoms with Crippen LogP contribution in [0.5, 0.6) is 0 Å². The Morgan fingerprint density at radius 1 is 1.12 bits per heavy atom. The lowest BCUT2D eigenvalue weighted by Crippen LogP contribution is -2.48. The Morgan fingerprint density at radius 2 is 1.91 bits per heavy atom. The fourth-order valence-electron chi connectivity index (χ4n) is 4.48. The first-order valence-electron chi connectivity index (χ1n) is 11.4. The SMILES string of the molecule is Cc1ccc2oc(=O)c3cnn(CC(=O)NCCN4CCN(c5ccccc5F)CC4)c3c2c1. The van der Waals surface area contributed by atoms with Crippen molar-refractivity contribution in [2.24, 2.45) is 0 Å². The number of anilines is 1. The number of nitrogens with one attached hydrogen (secondary N) is 1. The van der Waals surface area contributed by atoms with E-state index < -0.39 is 5.63 Å². The average Bonchev–Trinajstić information content (AvgIpc) is 3.25. The fraction of sp³-hybridized carbons (Fsp3) is 0.320. The minimum Gasteiger partial charge on any atom is -0.422 e. The summed E-state index contributed by atoms with van der Waals surface area (Å²) in [4.78, 5) is 29.2. The molecule has 3 heterocycles. The molecule has 9 heteroatoms. The maximum Gasteiger partial charge on any atom is 0.347 e. The van der Waals surface area contributed by atoms with Crippen molar-refractivity contribution in [1.29, 1.82) is 0 Å². The van der Waals surface area contributed by atoms with Crippen molar-refractivity contribution >= 4 is 33.5 Å². The van der Waals surface area contributed by atoms with Gasteiger partial charge >= 0.3 is 5.63 Å². The van der Waals surface area contributed by atoms with Gasteiger partial charge in [0.2, 0.25) is 5.91 Å². The van der Waals surface area contributed by atoms with Gasteiger partial charge in [-0.25, -0.2) is 9.18 Å². The standard InChI is InChI=1S/C25H26FN5O3/c1-17-6-7-22-18(14-17)24-19(25(33)34-22)15-28-31(24)16-23(32)27-8-9-29-10-12-30(13-11-29)21-5-3-2-4-20(21)26/h2-7,14-15H,8-13,16H2,1H3,(H,27,32). The first kappa shape index (κ1) is 22.1. The summed E-state index contributed by atoms with van der Waals surface area (Å²) in [5.74, 6) is -0.376. The molecule has 1 aliphatic heterocycles. The molecular formula is C25H26FN5O3. The smallest absolute Gasteiger partial charge is 0.347 e. The van der Waals surface area contributed by atoms with Crippen LogP contribution in [0.15, 0.2) is 57.9 Å². The summed E-state index contributed by atoms with van der Waals surface area (Å²) in [5, 5.41) is 8.33. The van der Waals surface area contributed by atoms with Gasteiger partial charge in [-0.2, -0.15) is 5.10 Å². The first-order valence-corrected chi connectivity index (χ1v) is 11.4. The van der Waals surface area contributed by atoms with Crippen LogP contribution in [0.2, 0.25) is 0 Å². The number of nitrogens with zero attached hydrogens (tertiary/aromatic N) is 4. The van der Waals surface area contributed by atoms with E-state index in [0.29, 0.717) is 35.3 Å². The Hall–Kier alpha value is -3.72. The van der Waals surface area contributed by atoms with E-state index in [0.717, 1.165) is 37.1 Å². The molecule has 1 N–H and O–H groups in total. The molecule has 1 aliphatic rings. The fourth-order valence-corrected chi connectivity index (χ4v) is 4.48. The number of aromatic nitrogens is 2. The number of halogens is 1. The van der Waals surface area contributed by atoms with Gasteiger partial charge in [0.1, 0.15) is 23.3 Å². The van der Waals surface area contributed by atoms with Gasteiger partial charge in [0, 0.05) is 44.7 Å². The van der Waals surface area contributed by atoms with Gasteiger partial charge in [-0.15, -0.1) is 0 Å². The zero-order valence-electron chi connectivity index (χ0n) is 19.0. The second-order valence-corrected chi connectivity index (χ2v) is 8.58. The van der Waals surface area contributed by atoms with Gasteiger partial charge in [0.25, 0.3) is 0 Å². The first-order chi connectivity index (χ1) is 16.5. The van der Waals surface area contributed by atoms with Crippen molar-refractivity contribution in [3.8, 4) is 0 Å². The molecule has 1 fully saturated rings. The molecule has 5 rings (SSSR count). The summed E-state index contributed by atoms with van der Waals surface area (Å²) in [7, 11) is 0. The summed E-state index contributed by atoms with van der Waals surface area (Å²) in [6.07, 6.45) is 1.45. The lowest BCUT2D eigenvalue weighted by atomic mass is 10.1. The highest BCUT2D eigenvalue weighted by molar-refractivity contribution is 6.02. The Morgan fingerprint density at radius 3 is 2.71 bits per heavy atom. The molecule has 34 heavy (non-hydrogen) atoms.